The van der Waals surface area contributed by atoms with E-state index in [2.05, 4.69) is 145 Å². The first-order chi connectivity index (χ1) is 79.4. The molecule has 0 spiro atoms. The molecule has 1 aliphatic rings. The second-order valence-electron chi connectivity index (χ2n) is 40.9. The van der Waals surface area contributed by atoms with Crippen molar-refractivity contribution in [1.29, 1.82) is 0 Å². The van der Waals surface area contributed by atoms with Gasteiger partial charge in [0.05, 0.1) is 35.4 Å². The van der Waals surface area contributed by atoms with Gasteiger partial charge in [-0.25, -0.2) is 15.0 Å². The number of aryl methyl sites for hydroxylation is 7. The van der Waals surface area contributed by atoms with Crippen LogP contribution >= 0.6 is 0 Å². The number of benzene rings is 5. The summed E-state index contributed by atoms with van der Waals surface area (Å²) in [7, 11) is -5.04. The first-order valence-electron chi connectivity index (χ1n) is 63.6. The van der Waals surface area contributed by atoms with Gasteiger partial charge in [0.25, 0.3) is 0 Å². The second kappa shape index (κ2) is 48.7. The first kappa shape index (κ1) is 74.5. The van der Waals surface area contributed by atoms with Gasteiger partial charge in [-0.05, 0) is 235 Å². The Balaban J connectivity index is 0.000000199. The Hall–Kier alpha value is -10.4. The predicted octanol–water partition coefficient (Wildman–Crippen LogP) is 30.9. The molecule has 1 aliphatic carbocycles. The fraction of sp³-hybridized carbons (Fsp3) is 0.355. The summed E-state index contributed by atoms with van der Waals surface area (Å²) >= 11 is 0. The molecule has 0 aliphatic heterocycles. The molecular weight excluding hydrogens is 2340 g/mol. The Morgan fingerprint density at radius 1 is 0.357 bits per heavy atom. The van der Waals surface area contributed by atoms with Crippen LogP contribution in [0, 0.1) is 119 Å². The zero-order chi connectivity index (χ0) is 129. The van der Waals surface area contributed by atoms with Crippen LogP contribution < -0.4 is 15.6 Å². The standard InChI is InChI=1S/C25H25N2O.C23H23N2O.C21H20N3O.C19H26NSi.2C18H24NSi.3Ir/c1-15-11-22(26-14-20(15)12-18-6-4-5-7-18)19-8-9-23-21(13-19)24-16(2)10-17(3)27-25(24)28-23;1-14-13-24-20(11-17(14)12-23(3,4)5)16-7-9-21-19(10-16)18-8-6-15(2)25-22(18)26-21;1-12(2)7-15-9-19(22-10-13(15)3)16-8-18-17-6-5-14(4)24-21(17)25-20(18)23-11-16;1-19(2,3)13-16-12-17(15-10-8-7-9-11-15)20-14-18(16)21(4,5)6;2*1-14(2)11-16-12-17(15-9-7-6-8-10-15)19-13-18(16)20(3,4)5;;;/h9-11,13-14,18H,4-7,12H2,1-3H3;6,8-11,13H,12H2,1-5H3;5-6,8-10,12H,7H2,1-4H3;7-10,12,14H,13H2,1-6H3;2*6-9,12-14H,11H2,1-5H3;;;/q6*-1;;;/i1D3,2D3,3D3,12D2;1D3,2D3,12D2;3D3,4D3,7D2;13D2;2*11D2;;;. The van der Waals surface area contributed by atoms with Gasteiger partial charge in [-0.3, -0.25) is 0 Å². The monoisotopic (exact) mass is 2520 g/mol. The van der Waals surface area contributed by atoms with Crippen LogP contribution in [0.1, 0.15) is 227 Å². The maximum absolute atomic E-state index is 8.75. The number of furan rings is 3. The number of aromatic nitrogens is 10. The van der Waals surface area contributed by atoms with Crippen LogP contribution in [0.25, 0.3) is 134 Å². The van der Waals surface area contributed by atoms with Gasteiger partial charge < -0.3 is 48.1 Å². The number of hydrogen-bond acceptors (Lipinski definition) is 13. The third-order valence-corrected chi connectivity index (χ3v) is 28.5. The molecule has 0 saturated heterocycles. The van der Waals surface area contributed by atoms with Gasteiger partial charge in [-0.2, -0.15) is 0 Å². The molecule has 1 saturated carbocycles. The fourth-order valence-electron chi connectivity index (χ4n) is 16.0. The van der Waals surface area contributed by atoms with Gasteiger partial charge in [0.1, 0.15) is 5.71 Å². The molecule has 0 atom stereocenters. The quantitative estimate of drug-likeness (QED) is 0.0554. The summed E-state index contributed by atoms with van der Waals surface area (Å²) in [5.41, 5.74) is 8.22. The molecule has 13 aromatic heterocycles. The molecule has 1 fully saturated rings. The molecule has 0 amide bonds. The molecule has 5 aromatic carbocycles. The van der Waals surface area contributed by atoms with Gasteiger partial charge in [0.15, 0.2) is 0 Å². The molecule has 751 valence electrons. The van der Waals surface area contributed by atoms with Gasteiger partial charge in [0, 0.05) is 176 Å². The van der Waals surface area contributed by atoms with Crippen molar-refractivity contribution in [1.82, 2.24) is 49.8 Å². The topological polar surface area (TPSA) is 168 Å². The van der Waals surface area contributed by atoms with Crippen molar-refractivity contribution in [3.8, 4) is 67.5 Å². The van der Waals surface area contributed by atoms with E-state index < -0.39 is 133 Å². The molecule has 3 radical (unpaired) electrons. The molecule has 19 rings (SSSR count). The van der Waals surface area contributed by atoms with E-state index in [1.807, 2.05) is 158 Å². The number of nitrogens with zero attached hydrogens (tertiary/aromatic N) is 10. The molecule has 0 unspecified atom stereocenters. The molecule has 0 N–H and O–H groups in total. The van der Waals surface area contributed by atoms with Crippen LogP contribution in [0.3, 0.4) is 0 Å². The fourth-order valence-corrected chi connectivity index (χ4v) is 20.2. The summed E-state index contributed by atoms with van der Waals surface area (Å²) in [5.74, 6) is -0.943. The smallest absolute Gasteiger partial charge is 0.217 e. The van der Waals surface area contributed by atoms with E-state index in [1.165, 1.54) is 55.0 Å². The summed E-state index contributed by atoms with van der Waals surface area (Å²) in [6, 6.07) is 63.8. The Labute approximate surface area is 941 Å². The van der Waals surface area contributed by atoms with Crippen molar-refractivity contribution >= 4 is 106 Å². The summed E-state index contributed by atoms with van der Waals surface area (Å²) < 4.78 is 284. The van der Waals surface area contributed by atoms with E-state index >= 15 is 0 Å². The largest absolute Gasteiger partial charge is 0.486 e. The van der Waals surface area contributed by atoms with Crippen molar-refractivity contribution < 1.29 is 119 Å². The van der Waals surface area contributed by atoms with Crippen LogP contribution in [0.4, 0.5) is 0 Å². The summed E-state index contributed by atoms with van der Waals surface area (Å²) in [6.45, 7) is 24.5. The second-order valence-corrected chi connectivity index (χ2v) is 56.0. The van der Waals surface area contributed by atoms with Crippen molar-refractivity contribution in [3.05, 3.63) is 316 Å². The van der Waals surface area contributed by atoms with E-state index in [-0.39, 0.29) is 168 Å². The minimum absolute atomic E-state index is 0. The van der Waals surface area contributed by atoms with E-state index in [4.69, 9.17) is 58.5 Å². The Morgan fingerprint density at radius 2 is 0.755 bits per heavy atom. The van der Waals surface area contributed by atoms with Gasteiger partial charge in [-0.1, -0.05) is 248 Å². The molecule has 0 bridgehead atoms. The average Bonchev–Trinajstić information content (AvgIpc) is 1.58. The average molecular weight is 2510 g/mol. The summed E-state index contributed by atoms with van der Waals surface area (Å²) in [6.07, 6.45) is 5.40. The molecular formula is C124H142Ir3N10O3Si3-6. The number of fused-ring (bicyclic) bond motifs is 9. The molecule has 13 nitrogen and oxygen atoms in total. The number of rotatable bonds is 19. The SMILES string of the molecule is [2H]C([2H])([2H])c1cc(C([2H])([2H])[2H])c2c(n1)oc1c[c-]c(-c3cc(C([2H])([2H])[2H])c(C([2H])([2H])C4CCCC4)cn3)cc12.[2H]C([2H])([2H])c1ccc2c(n1)oc1c[c-]c(-c3cc(C([2H])([2H])C(C)(C)C)c(C([2H])([2H])[2H])cn3)cc12.[2H]C([2H])([2H])c1ccc2c(n1)oc1n[c-]c(-c3cc(C([2H])([2H])C(C)C)c(C([2H])([2H])[2H])cn3)cc12.[2H]C([2H])(c1cc(-c2[c-]cccc2)ncc1[Si](C)(C)C)C(C)(C)C.[2H]C([2H])(c1cc(-c2[c-]cccc2)ncc1[Si](C)(C)C)C(C)C.[2H]C([2H])(c1cc(-c2[c-]cccc2)ncc1[Si](C)(C)C)C(C)C.[Ir].[Ir].[Ir]. The van der Waals surface area contributed by atoms with E-state index in [0.717, 1.165) is 84.9 Å². The van der Waals surface area contributed by atoms with Gasteiger partial charge >= 0.3 is 0 Å². The normalized spacial score (nSPS) is 17.0. The van der Waals surface area contributed by atoms with Crippen LogP contribution in [0.5, 0.6) is 0 Å². The zero-order valence-corrected chi connectivity index (χ0v) is 94.6. The van der Waals surface area contributed by atoms with Crippen molar-refractivity contribution in [2.45, 2.75) is 254 Å². The third kappa shape index (κ3) is 30.0. The minimum atomic E-state index is -2.67. The van der Waals surface area contributed by atoms with Crippen LogP contribution in [0.15, 0.2) is 220 Å². The summed E-state index contributed by atoms with van der Waals surface area (Å²) in [4.78, 5) is 43.2. The van der Waals surface area contributed by atoms with Crippen molar-refractivity contribution in [2.75, 3.05) is 0 Å². The van der Waals surface area contributed by atoms with Crippen molar-refractivity contribution in [3.63, 3.8) is 0 Å². The number of pyridine rings is 10. The van der Waals surface area contributed by atoms with E-state index in [0.29, 0.717) is 73.4 Å². The van der Waals surface area contributed by atoms with E-state index in [9.17, 15) is 0 Å². The zero-order valence-electron chi connectivity index (χ0n) is 117. The number of hydrogen-bond donors (Lipinski definition) is 0. The first-order valence-corrected chi connectivity index (χ1v) is 57.6. The van der Waals surface area contributed by atoms with Crippen LogP contribution in [0.2, 0.25) is 58.9 Å². The maximum atomic E-state index is 8.75. The molecule has 18 aromatic rings. The van der Waals surface area contributed by atoms with Gasteiger partial charge in [-0.15, -0.1) is 167 Å². The predicted molar refractivity (Wildman–Crippen MR) is 594 cm³/mol. The Morgan fingerprint density at radius 3 is 1.24 bits per heavy atom. The summed E-state index contributed by atoms with van der Waals surface area (Å²) in [5, 5.41) is 6.14. The minimum Gasteiger partial charge on any atom is -0.486 e. The third-order valence-electron chi connectivity index (χ3n) is 22.5. The molecule has 19 heteroatoms. The van der Waals surface area contributed by atoms with Gasteiger partial charge in [0.2, 0.25) is 17.1 Å². The van der Waals surface area contributed by atoms with E-state index in [1.54, 1.807) is 71.0 Å². The Bertz CT molecular complexity index is 8760. The Kier molecular flexibility index (Phi) is 25.4. The van der Waals surface area contributed by atoms with Crippen molar-refractivity contribution in [2.24, 2.45) is 34.5 Å². The van der Waals surface area contributed by atoms with Crippen LogP contribution in [-0.4, -0.2) is 74.1 Å². The van der Waals surface area contributed by atoms with Crippen LogP contribution in [-0.2, 0) is 98.6 Å². The molecule has 143 heavy (non-hydrogen) atoms. The molecule has 13 heterocycles. The maximum Gasteiger partial charge on any atom is 0.217 e.